The van der Waals surface area contributed by atoms with Crippen LogP contribution in [0.25, 0.3) is 49.2 Å². The molecule has 0 N–H and O–H groups in total. The number of rotatable bonds is 3. The monoisotopic (exact) mass is 471 g/mol. The third-order valence-electron chi connectivity index (χ3n) is 7.97. The largest absolute Gasteiger partial charge is 0.456 e. The van der Waals surface area contributed by atoms with Gasteiger partial charge in [0.05, 0.1) is 12.1 Å². The summed E-state index contributed by atoms with van der Waals surface area (Å²) >= 11 is 0. The summed E-state index contributed by atoms with van der Waals surface area (Å²) in [5, 5.41) is 2.21. The topological polar surface area (TPSA) is 21.4 Å². The highest BCUT2D eigenvalue weighted by atomic mass is 16.3. The second kappa shape index (κ2) is 8.95. The molecule has 0 spiro atoms. The molecule has 1 saturated carbocycles. The molecule has 0 saturated heterocycles. The van der Waals surface area contributed by atoms with Crippen molar-refractivity contribution in [2.75, 3.05) is 0 Å². The fourth-order valence-corrected chi connectivity index (χ4v) is 6.19. The van der Waals surface area contributed by atoms with E-state index < -0.39 is 0 Å². The van der Waals surface area contributed by atoms with Crippen molar-refractivity contribution < 1.29 is 8.98 Å². The number of benzene rings is 3. The predicted molar refractivity (Wildman–Crippen MR) is 147 cm³/mol. The minimum absolute atomic E-state index is 0.619. The molecule has 0 bridgehead atoms. The van der Waals surface area contributed by atoms with Crippen LogP contribution in [0, 0.1) is 20.4 Å². The van der Waals surface area contributed by atoms with Crippen LogP contribution in [-0.2, 0) is 7.05 Å². The van der Waals surface area contributed by atoms with Gasteiger partial charge in [-0.15, -0.1) is 0 Å². The number of hydrogen-bond donors (Lipinski definition) is 0. The molecule has 0 aliphatic heterocycles. The van der Waals surface area contributed by atoms with Gasteiger partial charge in [-0.1, -0.05) is 67.8 Å². The number of furan rings is 1. The van der Waals surface area contributed by atoms with E-state index in [1.807, 2.05) is 24.3 Å². The molecule has 3 nitrogen and oxygen atoms in total. The zero-order valence-electron chi connectivity index (χ0n) is 21.3. The smallest absolute Gasteiger partial charge is 0.216 e. The van der Waals surface area contributed by atoms with Gasteiger partial charge in [-0.05, 0) is 54.9 Å². The van der Waals surface area contributed by atoms with Crippen LogP contribution in [-0.4, -0.2) is 0 Å². The second-order valence-corrected chi connectivity index (χ2v) is 10.3. The molecule has 5 aromatic rings. The number of aromatic nitrogens is 1. The Hall–Kier alpha value is -3.90. The van der Waals surface area contributed by atoms with E-state index in [0.29, 0.717) is 11.6 Å². The van der Waals surface area contributed by atoms with Crippen molar-refractivity contribution in [3.8, 4) is 22.4 Å². The van der Waals surface area contributed by atoms with E-state index in [-0.39, 0.29) is 0 Å². The molecular weight excluding hydrogens is 440 g/mol. The van der Waals surface area contributed by atoms with Crippen LogP contribution in [0.15, 0.2) is 71.3 Å². The first-order chi connectivity index (χ1) is 17.6. The Morgan fingerprint density at radius 3 is 2.39 bits per heavy atom. The first-order valence-electron chi connectivity index (χ1n) is 13.0. The third-order valence-corrected chi connectivity index (χ3v) is 7.97. The second-order valence-electron chi connectivity index (χ2n) is 10.3. The van der Waals surface area contributed by atoms with E-state index in [1.54, 1.807) is 0 Å². The van der Waals surface area contributed by atoms with Gasteiger partial charge in [-0.2, -0.15) is 0 Å². The highest BCUT2D eigenvalue weighted by Gasteiger charge is 2.26. The van der Waals surface area contributed by atoms with Gasteiger partial charge >= 0.3 is 0 Å². The Morgan fingerprint density at radius 1 is 0.861 bits per heavy atom. The number of nitrogens with zero attached hydrogens (tertiary/aromatic N) is 2. The molecule has 1 fully saturated rings. The first kappa shape index (κ1) is 22.6. The zero-order valence-corrected chi connectivity index (χ0v) is 21.3. The van der Waals surface area contributed by atoms with E-state index in [0.717, 1.165) is 38.6 Å². The van der Waals surface area contributed by atoms with E-state index in [1.165, 1.54) is 54.5 Å². The van der Waals surface area contributed by atoms with Gasteiger partial charge < -0.3 is 4.42 Å². The molecule has 3 aromatic carbocycles. The van der Waals surface area contributed by atoms with E-state index in [2.05, 4.69) is 72.9 Å². The van der Waals surface area contributed by atoms with Crippen molar-refractivity contribution in [1.29, 1.82) is 0 Å². The zero-order chi connectivity index (χ0) is 24.8. The molecule has 6 rings (SSSR count). The maximum atomic E-state index is 7.83. The highest BCUT2D eigenvalue weighted by molar-refractivity contribution is 6.16. The van der Waals surface area contributed by atoms with Gasteiger partial charge in [0.1, 0.15) is 18.2 Å². The minimum atomic E-state index is 0.619. The van der Waals surface area contributed by atoms with Crippen LogP contribution in [0.4, 0.5) is 5.69 Å². The number of aryl methyl sites for hydroxylation is 3. The Balaban J connectivity index is 1.66. The standard InChI is InChI=1S/C33H31N2O/c1-21-19-22(2)30(28-20-25(17-18-35(28)4)23-11-7-5-8-12-23)33-29(21)26-15-16-27(34-3)31(32(26)36-33)24-13-9-6-10-14-24/h6,9-10,13-20,23H,5,7-8,11-12H2,1-2,4H3/q+1. The lowest BCUT2D eigenvalue weighted by molar-refractivity contribution is -0.660. The summed E-state index contributed by atoms with van der Waals surface area (Å²) in [7, 11) is 2.13. The molecule has 0 atom stereocenters. The van der Waals surface area contributed by atoms with Gasteiger partial charge in [0.2, 0.25) is 5.69 Å². The summed E-state index contributed by atoms with van der Waals surface area (Å²) in [5.41, 5.74) is 10.4. The third kappa shape index (κ3) is 3.60. The van der Waals surface area contributed by atoms with Crippen LogP contribution in [0.1, 0.15) is 54.7 Å². The predicted octanol–water partition coefficient (Wildman–Crippen LogP) is 8.96. The Labute approximate surface area is 212 Å². The Morgan fingerprint density at radius 2 is 1.64 bits per heavy atom. The van der Waals surface area contributed by atoms with Crippen molar-refractivity contribution in [2.24, 2.45) is 7.05 Å². The first-order valence-corrected chi connectivity index (χ1v) is 13.0. The summed E-state index contributed by atoms with van der Waals surface area (Å²) in [5.74, 6) is 0.640. The maximum absolute atomic E-state index is 7.83. The molecular formula is C33H31N2O+. The Kier molecular flexibility index (Phi) is 5.61. The molecule has 1 aliphatic rings. The van der Waals surface area contributed by atoms with Crippen molar-refractivity contribution in [3.05, 3.63) is 95.0 Å². The van der Waals surface area contributed by atoms with Crippen molar-refractivity contribution in [1.82, 2.24) is 0 Å². The van der Waals surface area contributed by atoms with Crippen LogP contribution in [0.2, 0.25) is 0 Å². The summed E-state index contributed by atoms with van der Waals surface area (Å²) in [6, 6.07) is 21.1. The van der Waals surface area contributed by atoms with E-state index in [9.17, 15) is 0 Å². The van der Waals surface area contributed by atoms with Gasteiger partial charge in [0, 0.05) is 28.5 Å². The molecule has 2 aromatic heterocycles. The molecule has 0 radical (unpaired) electrons. The SMILES string of the molecule is [C-]#[N+]c1ccc2c(oc3c(-c4cc(C5CCCCC5)cc[n+]4C)c(C)cc(C)c32)c1-c1ccccc1. The normalized spacial score (nSPS) is 14.4. The van der Waals surface area contributed by atoms with E-state index >= 15 is 0 Å². The van der Waals surface area contributed by atoms with Gasteiger partial charge in [-0.3, -0.25) is 0 Å². The molecule has 1 aliphatic carbocycles. The fraction of sp³-hybridized carbons (Fsp3) is 0.273. The fourth-order valence-electron chi connectivity index (χ4n) is 6.19. The molecule has 3 heteroatoms. The van der Waals surface area contributed by atoms with Gasteiger partial charge in [0.15, 0.2) is 11.9 Å². The molecule has 36 heavy (non-hydrogen) atoms. The van der Waals surface area contributed by atoms with Gasteiger partial charge in [0.25, 0.3) is 0 Å². The maximum Gasteiger partial charge on any atom is 0.216 e. The summed E-state index contributed by atoms with van der Waals surface area (Å²) in [6.07, 6.45) is 8.77. The van der Waals surface area contributed by atoms with Crippen molar-refractivity contribution >= 4 is 27.6 Å². The van der Waals surface area contributed by atoms with Crippen LogP contribution < -0.4 is 4.57 Å². The lowest BCUT2D eigenvalue weighted by Gasteiger charge is -2.22. The highest BCUT2D eigenvalue weighted by Crippen LogP contribution is 2.45. The van der Waals surface area contributed by atoms with E-state index in [4.69, 9.17) is 11.0 Å². The van der Waals surface area contributed by atoms with Gasteiger partial charge in [-0.25, -0.2) is 9.41 Å². The molecule has 178 valence electrons. The van der Waals surface area contributed by atoms with Crippen LogP contribution >= 0.6 is 0 Å². The number of hydrogen-bond acceptors (Lipinski definition) is 1. The van der Waals surface area contributed by atoms with Crippen LogP contribution in [0.5, 0.6) is 0 Å². The average Bonchev–Trinajstić information content (AvgIpc) is 3.29. The minimum Gasteiger partial charge on any atom is -0.456 e. The number of pyridine rings is 1. The van der Waals surface area contributed by atoms with Crippen molar-refractivity contribution in [2.45, 2.75) is 51.9 Å². The number of fused-ring (bicyclic) bond motifs is 3. The Bertz CT molecular complexity index is 1650. The summed E-state index contributed by atoms with van der Waals surface area (Å²) < 4.78 is 9.03. The lowest BCUT2D eigenvalue weighted by Crippen LogP contribution is -2.31. The summed E-state index contributed by atoms with van der Waals surface area (Å²) in [4.78, 5) is 3.85. The van der Waals surface area contributed by atoms with Crippen LogP contribution in [0.3, 0.4) is 0 Å². The molecule has 2 heterocycles. The van der Waals surface area contributed by atoms with Crippen molar-refractivity contribution in [3.63, 3.8) is 0 Å². The lowest BCUT2D eigenvalue weighted by atomic mass is 9.83. The average molecular weight is 472 g/mol. The molecule has 0 unspecified atom stereocenters. The molecule has 0 amide bonds. The summed E-state index contributed by atoms with van der Waals surface area (Å²) in [6.45, 7) is 12.2. The quantitative estimate of drug-likeness (QED) is 0.190.